The lowest BCUT2D eigenvalue weighted by molar-refractivity contribution is 0.0883. The molecule has 2 rings (SSSR count). The summed E-state index contributed by atoms with van der Waals surface area (Å²) in [7, 11) is 0. The Morgan fingerprint density at radius 1 is 1.52 bits per heavy atom. The monoisotopic (exact) mass is 296 g/mol. The van der Waals surface area contributed by atoms with Crippen LogP contribution in [-0.2, 0) is 0 Å². The van der Waals surface area contributed by atoms with Gasteiger partial charge in [0.15, 0.2) is 0 Å². The molecule has 2 amide bonds. The Bertz CT molecular complexity index is 508. The van der Waals surface area contributed by atoms with Gasteiger partial charge in [0.25, 0.3) is 0 Å². The molecule has 0 radical (unpaired) electrons. The lowest BCUT2D eigenvalue weighted by Crippen LogP contribution is -2.44. The number of nitrogens with zero attached hydrogens (tertiary/aromatic N) is 1. The molecule has 5 nitrogen and oxygen atoms in total. The third-order valence-electron chi connectivity index (χ3n) is 3.23. The van der Waals surface area contributed by atoms with Crippen molar-refractivity contribution < 1.29 is 19.0 Å². The fourth-order valence-corrected chi connectivity index (χ4v) is 2.29. The maximum Gasteiger partial charge on any atom is 0.322 e. The molecule has 0 aliphatic carbocycles. The maximum absolute atomic E-state index is 13.4. The van der Waals surface area contributed by atoms with Crippen molar-refractivity contribution in [3.05, 3.63) is 24.0 Å². The van der Waals surface area contributed by atoms with Crippen molar-refractivity contribution in [3.8, 4) is 5.75 Å². The first-order chi connectivity index (χ1) is 9.95. The molecule has 0 bridgehead atoms. The van der Waals surface area contributed by atoms with Crippen molar-refractivity contribution in [1.29, 1.82) is 0 Å². The van der Waals surface area contributed by atoms with Crippen molar-refractivity contribution in [2.75, 3.05) is 18.4 Å². The zero-order valence-electron chi connectivity index (χ0n) is 12.3. The third-order valence-corrected chi connectivity index (χ3v) is 3.23. The van der Waals surface area contributed by atoms with Crippen LogP contribution in [-0.4, -0.2) is 41.3 Å². The average Bonchev–Trinajstić information content (AvgIpc) is 2.41. The fourth-order valence-electron chi connectivity index (χ4n) is 2.29. The first-order valence-corrected chi connectivity index (χ1v) is 7.16. The lowest BCUT2D eigenvalue weighted by Gasteiger charge is -2.30. The molecule has 116 valence electrons. The summed E-state index contributed by atoms with van der Waals surface area (Å²) in [5, 5.41) is 12.3. The highest BCUT2D eigenvalue weighted by Crippen LogP contribution is 2.27. The number of β-amino-alcohol motifs (C(OH)–C–C–N with tert-alkyl or cyclic N) is 1. The van der Waals surface area contributed by atoms with Gasteiger partial charge in [0.1, 0.15) is 11.6 Å². The summed E-state index contributed by atoms with van der Waals surface area (Å²) in [4.78, 5) is 13.7. The minimum absolute atomic E-state index is 0.0806. The second-order valence-corrected chi connectivity index (χ2v) is 5.48. The second kappa shape index (κ2) is 6.76. The van der Waals surface area contributed by atoms with Crippen molar-refractivity contribution >= 4 is 11.7 Å². The van der Waals surface area contributed by atoms with Crippen molar-refractivity contribution in [2.24, 2.45) is 0 Å². The molecule has 21 heavy (non-hydrogen) atoms. The number of hydrogen-bond acceptors (Lipinski definition) is 3. The van der Waals surface area contributed by atoms with Crippen LogP contribution in [0.4, 0.5) is 14.9 Å². The summed E-state index contributed by atoms with van der Waals surface area (Å²) < 4.78 is 18.9. The summed E-state index contributed by atoms with van der Waals surface area (Å²) in [5.74, 6) is -0.0163. The number of carbonyl (C=O) groups excluding carboxylic acids is 1. The second-order valence-electron chi connectivity index (χ2n) is 5.48. The number of anilines is 1. The number of hydrogen-bond donors (Lipinski definition) is 2. The van der Waals surface area contributed by atoms with Crippen molar-refractivity contribution in [3.63, 3.8) is 0 Å². The number of likely N-dealkylation sites (tertiary alicyclic amines) is 1. The molecule has 1 unspecified atom stereocenters. The van der Waals surface area contributed by atoms with Crippen LogP contribution < -0.4 is 10.1 Å². The molecule has 1 fully saturated rings. The van der Waals surface area contributed by atoms with Crippen LogP contribution in [0.25, 0.3) is 0 Å². The van der Waals surface area contributed by atoms with Crippen molar-refractivity contribution in [2.45, 2.75) is 38.9 Å². The third kappa shape index (κ3) is 4.32. The van der Waals surface area contributed by atoms with E-state index in [1.54, 1.807) is 0 Å². The van der Waals surface area contributed by atoms with E-state index in [0.29, 0.717) is 30.9 Å². The molecule has 1 heterocycles. The fraction of sp³-hybridized carbons (Fsp3) is 0.533. The number of carbonyl (C=O) groups is 1. The number of rotatable bonds is 3. The normalized spacial score (nSPS) is 18.7. The SMILES string of the molecule is CC(C)Oc1ccc(F)cc1NC(=O)N1CCCC(O)C1. The maximum atomic E-state index is 13.4. The van der Waals surface area contributed by atoms with E-state index in [-0.39, 0.29) is 12.1 Å². The predicted molar refractivity (Wildman–Crippen MR) is 78.0 cm³/mol. The molecule has 0 aromatic heterocycles. The zero-order valence-corrected chi connectivity index (χ0v) is 12.3. The standard InChI is InChI=1S/C15H21FN2O3/c1-10(2)21-14-6-5-11(16)8-13(14)17-15(20)18-7-3-4-12(19)9-18/h5-6,8,10,12,19H,3-4,7,9H2,1-2H3,(H,17,20). The van der Waals surface area contributed by atoms with E-state index in [1.165, 1.54) is 23.1 Å². The minimum Gasteiger partial charge on any atom is -0.489 e. The minimum atomic E-state index is -0.497. The molecule has 2 N–H and O–H groups in total. The molecule has 1 saturated heterocycles. The molecule has 1 aliphatic heterocycles. The summed E-state index contributed by atoms with van der Waals surface area (Å²) in [6.45, 7) is 4.59. The molecule has 1 aliphatic rings. The van der Waals surface area contributed by atoms with Crippen LogP contribution in [0.1, 0.15) is 26.7 Å². The highest BCUT2D eigenvalue weighted by atomic mass is 19.1. The van der Waals surface area contributed by atoms with Gasteiger partial charge < -0.3 is 20.1 Å². The van der Waals surface area contributed by atoms with E-state index in [0.717, 1.165) is 6.42 Å². The molecule has 0 spiro atoms. The number of aliphatic hydroxyl groups is 1. The van der Waals surface area contributed by atoms with Crippen LogP contribution in [0.3, 0.4) is 0 Å². The highest BCUT2D eigenvalue weighted by Gasteiger charge is 2.23. The van der Waals surface area contributed by atoms with Gasteiger partial charge in [0, 0.05) is 19.2 Å². The largest absolute Gasteiger partial charge is 0.489 e. The number of urea groups is 1. The number of nitrogens with one attached hydrogen (secondary N) is 1. The molecule has 6 heteroatoms. The Morgan fingerprint density at radius 3 is 2.95 bits per heavy atom. The smallest absolute Gasteiger partial charge is 0.322 e. The molecule has 1 aromatic rings. The number of amides is 2. The molecular weight excluding hydrogens is 275 g/mol. The Labute approximate surface area is 123 Å². The Balaban J connectivity index is 2.10. The van der Waals surface area contributed by atoms with Gasteiger partial charge in [0.05, 0.1) is 17.9 Å². The van der Waals surface area contributed by atoms with E-state index < -0.39 is 11.9 Å². The van der Waals surface area contributed by atoms with Crippen LogP contribution in [0, 0.1) is 5.82 Å². The quantitative estimate of drug-likeness (QED) is 0.901. The predicted octanol–water partition coefficient (Wildman–Crippen LogP) is 2.60. The first-order valence-electron chi connectivity index (χ1n) is 7.16. The number of aliphatic hydroxyl groups excluding tert-OH is 1. The Hall–Kier alpha value is -1.82. The van der Waals surface area contributed by atoms with Crippen LogP contribution in [0.2, 0.25) is 0 Å². The van der Waals surface area contributed by atoms with E-state index in [9.17, 15) is 14.3 Å². The van der Waals surface area contributed by atoms with E-state index in [1.807, 2.05) is 13.8 Å². The summed E-state index contributed by atoms with van der Waals surface area (Å²) in [6, 6.07) is 3.66. The van der Waals surface area contributed by atoms with E-state index >= 15 is 0 Å². The van der Waals surface area contributed by atoms with Gasteiger partial charge in [-0.2, -0.15) is 0 Å². The van der Waals surface area contributed by atoms with Crippen LogP contribution in [0.15, 0.2) is 18.2 Å². The number of ether oxygens (including phenoxy) is 1. The van der Waals surface area contributed by atoms with E-state index in [4.69, 9.17) is 4.74 Å². The Morgan fingerprint density at radius 2 is 2.29 bits per heavy atom. The Kier molecular flexibility index (Phi) is 5.01. The number of halogens is 1. The summed E-state index contributed by atoms with van der Waals surface area (Å²) in [6.07, 6.45) is 0.879. The van der Waals surface area contributed by atoms with Crippen LogP contribution >= 0.6 is 0 Å². The van der Waals surface area contributed by atoms with Gasteiger partial charge in [-0.25, -0.2) is 9.18 Å². The first kappa shape index (κ1) is 15.6. The van der Waals surface area contributed by atoms with E-state index in [2.05, 4.69) is 5.32 Å². The van der Waals surface area contributed by atoms with Gasteiger partial charge >= 0.3 is 6.03 Å². The number of piperidine rings is 1. The van der Waals surface area contributed by atoms with Crippen LogP contribution in [0.5, 0.6) is 5.75 Å². The molecule has 1 atom stereocenters. The summed E-state index contributed by atoms with van der Waals surface area (Å²) >= 11 is 0. The lowest BCUT2D eigenvalue weighted by atomic mass is 10.1. The molecule has 0 saturated carbocycles. The summed E-state index contributed by atoms with van der Waals surface area (Å²) in [5.41, 5.74) is 0.300. The van der Waals surface area contributed by atoms with Gasteiger partial charge in [-0.05, 0) is 38.8 Å². The van der Waals surface area contributed by atoms with Gasteiger partial charge in [-0.1, -0.05) is 0 Å². The number of benzene rings is 1. The molecule has 1 aromatic carbocycles. The molecular formula is C15H21FN2O3. The zero-order chi connectivity index (χ0) is 15.4. The highest BCUT2D eigenvalue weighted by molar-refractivity contribution is 5.91. The van der Waals surface area contributed by atoms with Crippen molar-refractivity contribution in [1.82, 2.24) is 4.90 Å². The van der Waals surface area contributed by atoms with Gasteiger partial charge in [-0.3, -0.25) is 0 Å². The van der Waals surface area contributed by atoms with Gasteiger partial charge in [-0.15, -0.1) is 0 Å². The topological polar surface area (TPSA) is 61.8 Å². The average molecular weight is 296 g/mol. The van der Waals surface area contributed by atoms with Gasteiger partial charge in [0.2, 0.25) is 0 Å².